The van der Waals surface area contributed by atoms with Gasteiger partial charge in [-0.1, -0.05) is 13.8 Å². The molecule has 0 fully saturated rings. The molecule has 1 unspecified atom stereocenters. The monoisotopic (exact) mass is 297 g/mol. The van der Waals surface area contributed by atoms with Crippen LogP contribution < -0.4 is 5.32 Å². The second-order valence-electron chi connectivity index (χ2n) is 4.67. The lowest BCUT2D eigenvalue weighted by Crippen LogP contribution is -2.28. The number of nitrogens with one attached hydrogen (secondary N) is 1. The first-order chi connectivity index (χ1) is 10.1. The SMILES string of the molecule is CCc1nnc(NC(CCO)COC)c(C(=O)O)c1CC. The molecule has 0 spiro atoms. The van der Waals surface area contributed by atoms with Crippen LogP contribution in [0.4, 0.5) is 5.82 Å². The smallest absolute Gasteiger partial charge is 0.339 e. The van der Waals surface area contributed by atoms with Gasteiger partial charge in [0.1, 0.15) is 5.56 Å². The quantitative estimate of drug-likeness (QED) is 0.627. The summed E-state index contributed by atoms with van der Waals surface area (Å²) >= 11 is 0. The Morgan fingerprint density at radius 2 is 2.05 bits per heavy atom. The number of carboxylic acids is 1. The van der Waals surface area contributed by atoms with E-state index >= 15 is 0 Å². The fraction of sp³-hybridized carbons (Fsp3) is 0.643. The lowest BCUT2D eigenvalue weighted by atomic mass is 10.0. The number of ether oxygens (including phenoxy) is 1. The van der Waals surface area contributed by atoms with Crippen LogP contribution in [-0.4, -0.2) is 52.7 Å². The Kier molecular flexibility index (Phi) is 7.04. The molecule has 7 nitrogen and oxygen atoms in total. The zero-order valence-corrected chi connectivity index (χ0v) is 12.7. The largest absolute Gasteiger partial charge is 0.478 e. The molecule has 21 heavy (non-hydrogen) atoms. The molecule has 1 atom stereocenters. The van der Waals surface area contributed by atoms with Crippen molar-refractivity contribution < 1.29 is 19.7 Å². The average Bonchev–Trinajstić information content (AvgIpc) is 2.46. The highest BCUT2D eigenvalue weighted by Gasteiger charge is 2.22. The average molecular weight is 297 g/mol. The number of aromatic carboxylic acids is 1. The summed E-state index contributed by atoms with van der Waals surface area (Å²) in [5.74, 6) is -0.800. The van der Waals surface area contributed by atoms with Gasteiger partial charge < -0.3 is 20.3 Å². The molecule has 3 N–H and O–H groups in total. The summed E-state index contributed by atoms with van der Waals surface area (Å²) in [6.07, 6.45) is 1.64. The van der Waals surface area contributed by atoms with E-state index in [-0.39, 0.29) is 24.0 Å². The van der Waals surface area contributed by atoms with Gasteiger partial charge in [-0.15, -0.1) is 5.10 Å². The molecular formula is C14H23N3O4. The summed E-state index contributed by atoms with van der Waals surface area (Å²) < 4.78 is 5.06. The summed E-state index contributed by atoms with van der Waals surface area (Å²) in [7, 11) is 1.55. The van der Waals surface area contributed by atoms with Crippen LogP contribution in [0.5, 0.6) is 0 Å². The standard InChI is InChI=1S/C14H23N3O4/c1-4-10-11(5-2)16-17-13(12(10)14(19)20)15-9(6-7-18)8-21-3/h9,18H,4-8H2,1-3H3,(H,15,17)(H,19,20). The van der Waals surface area contributed by atoms with E-state index in [1.165, 1.54) is 0 Å². The normalized spacial score (nSPS) is 12.2. The van der Waals surface area contributed by atoms with E-state index in [2.05, 4.69) is 15.5 Å². The van der Waals surface area contributed by atoms with Crippen molar-refractivity contribution in [3.8, 4) is 0 Å². The molecule has 0 radical (unpaired) electrons. The molecule has 1 aromatic heterocycles. The Bertz CT molecular complexity index is 474. The number of carbonyl (C=O) groups is 1. The van der Waals surface area contributed by atoms with Crippen molar-refractivity contribution in [1.29, 1.82) is 0 Å². The van der Waals surface area contributed by atoms with Crippen LogP contribution in [0.2, 0.25) is 0 Å². The van der Waals surface area contributed by atoms with E-state index in [4.69, 9.17) is 9.84 Å². The summed E-state index contributed by atoms with van der Waals surface area (Å²) in [6.45, 7) is 4.14. The number of hydrogen-bond acceptors (Lipinski definition) is 6. The number of rotatable bonds is 9. The van der Waals surface area contributed by atoms with Crippen molar-refractivity contribution in [2.45, 2.75) is 39.2 Å². The molecule has 118 valence electrons. The van der Waals surface area contributed by atoms with Crippen molar-refractivity contribution in [3.05, 3.63) is 16.8 Å². The molecule has 0 aliphatic carbocycles. The van der Waals surface area contributed by atoms with E-state index < -0.39 is 5.97 Å². The highest BCUT2D eigenvalue weighted by atomic mass is 16.5. The zero-order chi connectivity index (χ0) is 15.8. The Morgan fingerprint density at radius 3 is 2.52 bits per heavy atom. The predicted molar refractivity (Wildman–Crippen MR) is 78.7 cm³/mol. The summed E-state index contributed by atoms with van der Waals surface area (Å²) in [5.41, 5.74) is 1.55. The number of aliphatic hydroxyl groups is 1. The van der Waals surface area contributed by atoms with E-state index in [1.54, 1.807) is 7.11 Å². The van der Waals surface area contributed by atoms with Gasteiger partial charge in [0, 0.05) is 13.7 Å². The van der Waals surface area contributed by atoms with Crippen molar-refractivity contribution in [2.24, 2.45) is 0 Å². The molecule has 0 amide bonds. The van der Waals surface area contributed by atoms with E-state index in [9.17, 15) is 9.90 Å². The number of nitrogens with zero attached hydrogens (tertiary/aromatic N) is 2. The van der Waals surface area contributed by atoms with Gasteiger partial charge in [0.25, 0.3) is 0 Å². The van der Waals surface area contributed by atoms with Gasteiger partial charge in [-0.2, -0.15) is 5.10 Å². The number of carboxylic acid groups (broad SMARTS) is 1. The highest BCUT2D eigenvalue weighted by molar-refractivity contribution is 5.95. The summed E-state index contributed by atoms with van der Waals surface area (Å²) in [4.78, 5) is 11.6. The fourth-order valence-electron chi connectivity index (χ4n) is 2.25. The van der Waals surface area contributed by atoms with E-state index in [0.717, 1.165) is 0 Å². The first-order valence-electron chi connectivity index (χ1n) is 7.06. The molecule has 0 aliphatic rings. The van der Waals surface area contributed by atoms with Crippen LogP contribution in [-0.2, 0) is 17.6 Å². The second kappa shape index (κ2) is 8.53. The number of hydrogen-bond donors (Lipinski definition) is 3. The van der Waals surface area contributed by atoms with Crippen molar-refractivity contribution in [1.82, 2.24) is 10.2 Å². The van der Waals surface area contributed by atoms with Gasteiger partial charge in [-0.25, -0.2) is 4.79 Å². The van der Waals surface area contributed by atoms with Gasteiger partial charge >= 0.3 is 5.97 Å². The van der Waals surface area contributed by atoms with Gasteiger partial charge in [-0.3, -0.25) is 0 Å². The Morgan fingerprint density at radius 1 is 1.33 bits per heavy atom. The number of aryl methyl sites for hydroxylation is 1. The third-order valence-electron chi connectivity index (χ3n) is 3.25. The minimum Gasteiger partial charge on any atom is -0.478 e. The molecule has 1 aromatic rings. The first kappa shape index (κ1) is 17.3. The molecule has 1 rings (SSSR count). The van der Waals surface area contributed by atoms with E-state index in [0.29, 0.717) is 37.1 Å². The molecular weight excluding hydrogens is 274 g/mol. The van der Waals surface area contributed by atoms with Crippen molar-refractivity contribution in [2.75, 3.05) is 25.6 Å². The number of aromatic nitrogens is 2. The van der Waals surface area contributed by atoms with Gasteiger partial charge in [0.15, 0.2) is 5.82 Å². The van der Waals surface area contributed by atoms with Gasteiger partial charge in [0.05, 0.1) is 18.3 Å². The maximum atomic E-state index is 11.6. The number of methoxy groups -OCH3 is 1. The third-order valence-corrected chi connectivity index (χ3v) is 3.25. The Hall–Kier alpha value is -1.73. The molecule has 0 bridgehead atoms. The maximum Gasteiger partial charge on any atom is 0.339 e. The number of anilines is 1. The molecule has 0 aromatic carbocycles. The Balaban J connectivity index is 3.19. The molecule has 0 saturated heterocycles. The summed E-state index contributed by atoms with van der Waals surface area (Å²) in [6, 6.07) is -0.218. The topological polar surface area (TPSA) is 105 Å². The number of aliphatic hydroxyl groups excluding tert-OH is 1. The molecule has 1 heterocycles. The van der Waals surface area contributed by atoms with Crippen LogP contribution >= 0.6 is 0 Å². The molecule has 0 aliphatic heterocycles. The minimum absolute atomic E-state index is 0.0233. The van der Waals surface area contributed by atoms with Crippen molar-refractivity contribution >= 4 is 11.8 Å². The third kappa shape index (κ3) is 4.37. The Labute approximate surface area is 124 Å². The summed E-state index contributed by atoms with van der Waals surface area (Å²) in [5, 5.41) is 29.7. The second-order valence-corrected chi connectivity index (χ2v) is 4.67. The van der Waals surface area contributed by atoms with Crippen molar-refractivity contribution in [3.63, 3.8) is 0 Å². The molecule has 0 saturated carbocycles. The minimum atomic E-state index is -1.03. The van der Waals surface area contributed by atoms with Crippen LogP contribution in [0.25, 0.3) is 0 Å². The fourth-order valence-corrected chi connectivity index (χ4v) is 2.25. The lowest BCUT2D eigenvalue weighted by molar-refractivity contribution is 0.0695. The first-order valence-corrected chi connectivity index (χ1v) is 7.06. The van der Waals surface area contributed by atoms with Crippen LogP contribution in [0.1, 0.15) is 41.9 Å². The lowest BCUT2D eigenvalue weighted by Gasteiger charge is -2.20. The highest BCUT2D eigenvalue weighted by Crippen LogP contribution is 2.22. The van der Waals surface area contributed by atoms with Crippen LogP contribution in [0.15, 0.2) is 0 Å². The zero-order valence-electron chi connectivity index (χ0n) is 12.7. The van der Waals surface area contributed by atoms with E-state index in [1.807, 2.05) is 13.8 Å². The van der Waals surface area contributed by atoms with Crippen LogP contribution in [0.3, 0.4) is 0 Å². The van der Waals surface area contributed by atoms with Crippen LogP contribution in [0, 0.1) is 0 Å². The predicted octanol–water partition coefficient (Wildman–Crippen LogP) is 1.11. The van der Waals surface area contributed by atoms with Gasteiger partial charge in [0.2, 0.25) is 0 Å². The van der Waals surface area contributed by atoms with Gasteiger partial charge in [-0.05, 0) is 24.8 Å². The molecule has 7 heteroatoms. The maximum absolute atomic E-state index is 11.6.